The number of carbonyl (C=O) groups excluding carboxylic acids is 1. The van der Waals surface area contributed by atoms with Gasteiger partial charge < -0.3 is 9.26 Å². The quantitative estimate of drug-likeness (QED) is 0.610. The molecule has 0 amide bonds. The number of aromatic nitrogens is 4. The van der Waals surface area contributed by atoms with Crippen molar-refractivity contribution in [3.05, 3.63) is 53.7 Å². The molecule has 0 saturated heterocycles. The van der Waals surface area contributed by atoms with Crippen LogP contribution in [0, 0.1) is 0 Å². The van der Waals surface area contributed by atoms with Crippen molar-refractivity contribution in [2.75, 3.05) is 6.61 Å². The fraction of sp³-hybridized carbons (Fsp3) is 0.294. The van der Waals surface area contributed by atoms with Crippen molar-refractivity contribution in [1.29, 1.82) is 0 Å². The Morgan fingerprint density at radius 2 is 1.96 bits per heavy atom. The number of hydrogen-bond acceptors (Lipinski definition) is 6. The summed E-state index contributed by atoms with van der Waals surface area (Å²) in [6.45, 7) is 2.53. The second-order valence-electron chi connectivity index (χ2n) is 5.55. The van der Waals surface area contributed by atoms with E-state index < -0.39 is 18.0 Å². The maximum absolute atomic E-state index is 12.5. The molecule has 1 aromatic carbocycles. The summed E-state index contributed by atoms with van der Waals surface area (Å²) in [4.78, 5) is 14.9. The standard InChI is InChI=1S/C17H15F3N4O3/c1-2-26-15(25)13-8-10-24(22-13)9-7-11-3-5-12(6-4-11)14-21-16(27-23-14)17(18,19)20/h3-6,8,10H,2,7,9H2,1H3. The number of benzene rings is 1. The fourth-order valence-corrected chi connectivity index (χ4v) is 2.32. The van der Waals surface area contributed by atoms with E-state index in [-0.39, 0.29) is 18.1 Å². The van der Waals surface area contributed by atoms with Crippen molar-refractivity contribution in [3.8, 4) is 11.4 Å². The highest BCUT2D eigenvalue weighted by molar-refractivity contribution is 5.86. The molecule has 0 bridgehead atoms. The molecule has 142 valence electrons. The average Bonchev–Trinajstić information content (AvgIpc) is 3.30. The zero-order valence-electron chi connectivity index (χ0n) is 14.2. The molecule has 2 heterocycles. The van der Waals surface area contributed by atoms with Crippen molar-refractivity contribution in [3.63, 3.8) is 0 Å². The molecule has 10 heteroatoms. The molecule has 27 heavy (non-hydrogen) atoms. The van der Waals surface area contributed by atoms with Crippen molar-refractivity contribution in [2.45, 2.75) is 26.1 Å². The summed E-state index contributed by atoms with van der Waals surface area (Å²) < 4.78 is 48.2. The van der Waals surface area contributed by atoms with Gasteiger partial charge in [-0.15, -0.1) is 0 Å². The minimum atomic E-state index is -4.67. The molecule has 7 nitrogen and oxygen atoms in total. The molecule has 0 atom stereocenters. The molecule has 0 fully saturated rings. The predicted molar refractivity (Wildman–Crippen MR) is 86.6 cm³/mol. The van der Waals surface area contributed by atoms with Gasteiger partial charge in [0.2, 0.25) is 5.82 Å². The predicted octanol–water partition coefficient (Wildman–Crippen LogP) is 3.37. The van der Waals surface area contributed by atoms with Crippen LogP contribution in [0.4, 0.5) is 13.2 Å². The third-order valence-corrected chi connectivity index (χ3v) is 3.64. The molecule has 0 aliphatic rings. The van der Waals surface area contributed by atoms with Gasteiger partial charge in [-0.25, -0.2) is 4.79 Å². The second-order valence-corrected chi connectivity index (χ2v) is 5.55. The highest BCUT2D eigenvalue weighted by Crippen LogP contribution is 2.29. The van der Waals surface area contributed by atoms with Crippen LogP contribution in [0.15, 0.2) is 41.1 Å². The first-order valence-electron chi connectivity index (χ1n) is 8.07. The zero-order valence-corrected chi connectivity index (χ0v) is 14.2. The van der Waals surface area contributed by atoms with E-state index in [1.54, 1.807) is 48.1 Å². The van der Waals surface area contributed by atoms with Gasteiger partial charge in [0, 0.05) is 18.3 Å². The summed E-state index contributed by atoms with van der Waals surface area (Å²) in [5.41, 5.74) is 1.60. The Morgan fingerprint density at radius 3 is 2.59 bits per heavy atom. The van der Waals surface area contributed by atoms with Gasteiger partial charge in [0.05, 0.1) is 6.61 Å². The lowest BCUT2D eigenvalue weighted by atomic mass is 10.1. The van der Waals surface area contributed by atoms with Crippen LogP contribution in [0.3, 0.4) is 0 Å². The van der Waals surface area contributed by atoms with E-state index in [4.69, 9.17) is 4.74 Å². The zero-order chi connectivity index (χ0) is 19.4. The van der Waals surface area contributed by atoms with Crippen LogP contribution in [0.1, 0.15) is 28.9 Å². The van der Waals surface area contributed by atoms with Crippen LogP contribution in [-0.2, 0) is 23.9 Å². The molecule has 0 aliphatic carbocycles. The van der Waals surface area contributed by atoms with E-state index in [0.717, 1.165) is 5.56 Å². The average molecular weight is 380 g/mol. The van der Waals surface area contributed by atoms with Crippen LogP contribution in [-0.4, -0.2) is 32.5 Å². The normalized spacial score (nSPS) is 11.6. The highest BCUT2D eigenvalue weighted by atomic mass is 19.4. The van der Waals surface area contributed by atoms with Gasteiger partial charge in [0.1, 0.15) is 0 Å². The lowest BCUT2D eigenvalue weighted by molar-refractivity contribution is -0.159. The summed E-state index contributed by atoms with van der Waals surface area (Å²) in [5.74, 6) is -1.98. The van der Waals surface area contributed by atoms with Gasteiger partial charge in [-0.05, 0) is 25.0 Å². The van der Waals surface area contributed by atoms with Crippen LogP contribution in [0.25, 0.3) is 11.4 Å². The molecule has 0 unspecified atom stereocenters. The number of aryl methyl sites for hydroxylation is 2. The van der Waals surface area contributed by atoms with Gasteiger partial charge in [0.15, 0.2) is 5.69 Å². The van der Waals surface area contributed by atoms with Crippen LogP contribution >= 0.6 is 0 Å². The monoisotopic (exact) mass is 380 g/mol. The summed E-state index contributed by atoms with van der Waals surface area (Å²) in [7, 11) is 0. The Morgan fingerprint density at radius 1 is 1.22 bits per heavy atom. The maximum Gasteiger partial charge on any atom is 0.471 e. The fourth-order valence-electron chi connectivity index (χ4n) is 2.32. The van der Waals surface area contributed by atoms with Gasteiger partial charge >= 0.3 is 18.0 Å². The van der Waals surface area contributed by atoms with Crippen molar-refractivity contribution >= 4 is 5.97 Å². The molecule has 0 spiro atoms. The number of carbonyl (C=O) groups is 1. The Bertz CT molecular complexity index is 916. The largest absolute Gasteiger partial charge is 0.471 e. The van der Waals surface area contributed by atoms with Gasteiger partial charge in [-0.3, -0.25) is 4.68 Å². The summed E-state index contributed by atoms with van der Waals surface area (Å²) in [6, 6.07) is 8.33. The second kappa shape index (κ2) is 7.60. The van der Waals surface area contributed by atoms with E-state index in [1.165, 1.54) is 0 Å². The van der Waals surface area contributed by atoms with E-state index in [2.05, 4.69) is 19.8 Å². The smallest absolute Gasteiger partial charge is 0.461 e. The van der Waals surface area contributed by atoms with E-state index in [1.807, 2.05) is 0 Å². The van der Waals surface area contributed by atoms with Gasteiger partial charge in [-0.2, -0.15) is 23.3 Å². The number of rotatable bonds is 6. The van der Waals surface area contributed by atoms with E-state index in [0.29, 0.717) is 18.5 Å². The van der Waals surface area contributed by atoms with Crippen LogP contribution < -0.4 is 0 Å². The molecule has 2 aromatic heterocycles. The summed E-state index contributed by atoms with van der Waals surface area (Å²) in [5, 5.41) is 7.48. The lowest BCUT2D eigenvalue weighted by Gasteiger charge is -2.03. The summed E-state index contributed by atoms with van der Waals surface area (Å²) >= 11 is 0. The number of esters is 1. The van der Waals surface area contributed by atoms with Crippen LogP contribution in [0.2, 0.25) is 0 Å². The SMILES string of the molecule is CCOC(=O)c1ccn(CCc2ccc(-c3noc(C(F)(F)F)n3)cc2)n1. The lowest BCUT2D eigenvalue weighted by Crippen LogP contribution is -2.08. The van der Waals surface area contributed by atoms with Crippen molar-refractivity contribution in [1.82, 2.24) is 19.9 Å². The van der Waals surface area contributed by atoms with Gasteiger partial charge in [0.25, 0.3) is 0 Å². The third kappa shape index (κ3) is 4.52. The van der Waals surface area contributed by atoms with Crippen LogP contribution in [0.5, 0.6) is 0 Å². The van der Waals surface area contributed by atoms with E-state index in [9.17, 15) is 18.0 Å². The van der Waals surface area contributed by atoms with Gasteiger partial charge in [-0.1, -0.05) is 29.4 Å². The Hall–Kier alpha value is -3.17. The molecule has 0 aliphatic heterocycles. The molecule has 3 rings (SSSR count). The van der Waals surface area contributed by atoms with Crippen molar-refractivity contribution in [2.24, 2.45) is 0 Å². The number of ether oxygens (including phenoxy) is 1. The molecule has 0 radical (unpaired) electrons. The summed E-state index contributed by atoms with van der Waals surface area (Å²) in [6.07, 6.45) is -2.37. The minimum Gasteiger partial charge on any atom is -0.461 e. The molecular formula is C17H15F3N4O3. The first-order chi connectivity index (χ1) is 12.9. The number of nitrogens with zero attached hydrogens (tertiary/aromatic N) is 4. The Labute approximate surface area is 151 Å². The molecule has 0 N–H and O–H groups in total. The molecular weight excluding hydrogens is 365 g/mol. The Kier molecular flexibility index (Phi) is 5.24. The molecule has 3 aromatic rings. The first kappa shape index (κ1) is 18.6. The number of halogens is 3. The topological polar surface area (TPSA) is 83.0 Å². The van der Waals surface area contributed by atoms with Crippen molar-refractivity contribution < 1.29 is 27.2 Å². The van der Waals surface area contributed by atoms with E-state index >= 15 is 0 Å². The molecule has 0 saturated carbocycles. The number of alkyl halides is 3. The minimum absolute atomic E-state index is 0.125. The first-order valence-corrected chi connectivity index (χ1v) is 8.07. The third-order valence-electron chi connectivity index (χ3n) is 3.64. The Balaban J connectivity index is 1.61. The maximum atomic E-state index is 12.5. The highest BCUT2D eigenvalue weighted by Gasteiger charge is 2.38. The number of hydrogen-bond donors (Lipinski definition) is 0.